The number of fused-ring (bicyclic) bond motifs is 1. The van der Waals surface area contributed by atoms with Crippen molar-refractivity contribution in [2.75, 3.05) is 22.9 Å². The van der Waals surface area contributed by atoms with E-state index in [0.29, 0.717) is 15.8 Å². The van der Waals surface area contributed by atoms with Crippen LogP contribution in [0.5, 0.6) is 0 Å². The first-order valence-corrected chi connectivity index (χ1v) is 13.3. The van der Waals surface area contributed by atoms with Crippen molar-refractivity contribution in [1.29, 1.82) is 0 Å². The Kier molecular flexibility index (Phi) is 6.29. The standard InChI is InChI=1S/C26H24N4OS3/c1-4-28-21-15-18(24-27-17(3)16-33-24)11-12-20(21)30(19-9-7-6-8-10-19)23(28)14-13-22-25(31)29(5-2)26(32)34-22/h6-16H,4-5H2,1-3H3. The van der Waals surface area contributed by atoms with Crippen LogP contribution >= 0.6 is 35.3 Å². The van der Waals surface area contributed by atoms with E-state index in [4.69, 9.17) is 12.2 Å². The fraction of sp³-hybridized carbons (Fsp3) is 0.192. The Morgan fingerprint density at radius 3 is 2.41 bits per heavy atom. The number of anilines is 3. The summed E-state index contributed by atoms with van der Waals surface area (Å²) in [6.07, 6.45) is 3.94. The largest absolute Gasteiger partial charge is 0.326 e. The predicted molar refractivity (Wildman–Crippen MR) is 148 cm³/mol. The zero-order valence-electron chi connectivity index (χ0n) is 19.2. The fourth-order valence-electron chi connectivity index (χ4n) is 4.20. The number of amides is 1. The SMILES string of the molecule is CCN1C(=O)C(=CC=C2N(CC)c3cc(-c4nc(C)cs4)ccc3N2c2ccccc2)SC1=S. The molecule has 3 heterocycles. The summed E-state index contributed by atoms with van der Waals surface area (Å²) in [5.74, 6) is 0.971. The van der Waals surface area contributed by atoms with Crippen molar-refractivity contribution < 1.29 is 4.79 Å². The Morgan fingerprint density at radius 1 is 1.00 bits per heavy atom. The number of likely N-dealkylation sites (N-methyl/N-ethyl adjacent to an activating group) is 1. The van der Waals surface area contributed by atoms with E-state index in [9.17, 15) is 4.79 Å². The monoisotopic (exact) mass is 504 g/mol. The number of nitrogens with zero attached hydrogens (tertiary/aromatic N) is 4. The highest BCUT2D eigenvalue weighted by Crippen LogP contribution is 2.47. The van der Waals surface area contributed by atoms with Gasteiger partial charge in [-0.3, -0.25) is 14.6 Å². The van der Waals surface area contributed by atoms with Gasteiger partial charge in [-0.25, -0.2) is 4.98 Å². The van der Waals surface area contributed by atoms with Crippen molar-refractivity contribution in [2.24, 2.45) is 0 Å². The maximum atomic E-state index is 12.8. The molecule has 2 aromatic carbocycles. The van der Waals surface area contributed by atoms with Gasteiger partial charge in [0.1, 0.15) is 15.1 Å². The second-order valence-electron chi connectivity index (χ2n) is 7.89. The number of allylic oxidation sites excluding steroid dienone is 2. The fourth-order valence-corrected chi connectivity index (χ4v) is 6.32. The first-order chi connectivity index (χ1) is 16.5. The van der Waals surface area contributed by atoms with Crippen LogP contribution in [0.2, 0.25) is 0 Å². The molecular formula is C26H24N4OS3. The van der Waals surface area contributed by atoms with E-state index >= 15 is 0 Å². The Bertz CT molecular complexity index is 1330. The molecule has 0 bridgehead atoms. The first-order valence-electron chi connectivity index (χ1n) is 11.2. The van der Waals surface area contributed by atoms with Crippen LogP contribution in [-0.4, -0.2) is 33.2 Å². The molecular weight excluding hydrogens is 481 g/mol. The molecule has 5 nitrogen and oxygen atoms in total. The van der Waals surface area contributed by atoms with Crippen molar-refractivity contribution in [2.45, 2.75) is 20.8 Å². The van der Waals surface area contributed by atoms with Gasteiger partial charge in [0.05, 0.1) is 16.3 Å². The van der Waals surface area contributed by atoms with Gasteiger partial charge < -0.3 is 4.90 Å². The number of aromatic nitrogens is 1. The van der Waals surface area contributed by atoms with E-state index in [1.54, 1.807) is 16.2 Å². The van der Waals surface area contributed by atoms with Gasteiger partial charge in [0, 0.05) is 35.4 Å². The number of thiazole rings is 1. The maximum absolute atomic E-state index is 12.8. The zero-order chi connectivity index (χ0) is 23.8. The third-order valence-corrected chi connectivity index (χ3v) is 8.19. The molecule has 2 aliphatic heterocycles. The Morgan fingerprint density at radius 2 is 1.76 bits per heavy atom. The maximum Gasteiger partial charge on any atom is 0.266 e. The van der Waals surface area contributed by atoms with Crippen LogP contribution in [-0.2, 0) is 4.79 Å². The van der Waals surface area contributed by atoms with Gasteiger partial charge in [-0.2, -0.15) is 0 Å². The summed E-state index contributed by atoms with van der Waals surface area (Å²) < 4.78 is 0.613. The molecule has 172 valence electrons. The molecule has 0 unspecified atom stereocenters. The Balaban J connectivity index is 1.62. The minimum Gasteiger partial charge on any atom is -0.326 e. The molecule has 1 amide bonds. The van der Waals surface area contributed by atoms with Crippen LogP contribution in [0.1, 0.15) is 19.5 Å². The smallest absolute Gasteiger partial charge is 0.266 e. The molecule has 0 saturated carbocycles. The molecule has 0 N–H and O–H groups in total. The van der Waals surface area contributed by atoms with E-state index in [0.717, 1.165) is 45.7 Å². The summed E-state index contributed by atoms with van der Waals surface area (Å²) in [5.41, 5.74) is 5.43. The van der Waals surface area contributed by atoms with Crippen LogP contribution in [0, 0.1) is 6.92 Å². The molecule has 0 aliphatic carbocycles. The molecule has 1 saturated heterocycles. The molecule has 34 heavy (non-hydrogen) atoms. The number of para-hydroxylation sites is 1. The topological polar surface area (TPSA) is 39.7 Å². The third-order valence-electron chi connectivity index (χ3n) is 5.78. The van der Waals surface area contributed by atoms with Gasteiger partial charge in [0.15, 0.2) is 0 Å². The van der Waals surface area contributed by atoms with Crippen molar-refractivity contribution in [3.05, 3.63) is 82.5 Å². The molecule has 3 aromatic rings. The van der Waals surface area contributed by atoms with E-state index < -0.39 is 0 Å². The number of aryl methyl sites for hydroxylation is 1. The summed E-state index contributed by atoms with van der Waals surface area (Å²) >= 11 is 8.41. The van der Waals surface area contributed by atoms with Gasteiger partial charge in [-0.1, -0.05) is 42.2 Å². The lowest BCUT2D eigenvalue weighted by atomic mass is 10.1. The van der Waals surface area contributed by atoms with Crippen LogP contribution in [0.3, 0.4) is 0 Å². The molecule has 0 radical (unpaired) electrons. The molecule has 1 aromatic heterocycles. The highest BCUT2D eigenvalue weighted by Gasteiger charge is 2.33. The Hall–Kier alpha value is -2.94. The van der Waals surface area contributed by atoms with Crippen LogP contribution in [0.15, 0.2) is 76.8 Å². The quantitative estimate of drug-likeness (QED) is 0.284. The summed E-state index contributed by atoms with van der Waals surface area (Å²) in [6.45, 7) is 7.47. The lowest BCUT2D eigenvalue weighted by molar-refractivity contribution is -0.122. The van der Waals surface area contributed by atoms with Crippen molar-refractivity contribution in [3.8, 4) is 10.6 Å². The predicted octanol–water partition coefficient (Wildman–Crippen LogP) is 6.70. The number of hydrogen-bond donors (Lipinski definition) is 0. The summed E-state index contributed by atoms with van der Waals surface area (Å²) in [6, 6.07) is 16.8. The van der Waals surface area contributed by atoms with Crippen molar-refractivity contribution in [3.63, 3.8) is 0 Å². The number of hydrogen-bond acceptors (Lipinski definition) is 7. The van der Waals surface area contributed by atoms with Crippen LogP contribution in [0.4, 0.5) is 17.1 Å². The van der Waals surface area contributed by atoms with Gasteiger partial charge in [-0.15, -0.1) is 11.3 Å². The number of carbonyl (C=O) groups is 1. The van der Waals surface area contributed by atoms with Gasteiger partial charge in [-0.05, 0) is 63.3 Å². The van der Waals surface area contributed by atoms with E-state index in [-0.39, 0.29) is 5.91 Å². The lowest BCUT2D eigenvalue weighted by Crippen LogP contribution is -2.27. The van der Waals surface area contributed by atoms with E-state index in [2.05, 4.69) is 57.4 Å². The average molecular weight is 505 g/mol. The summed E-state index contributed by atoms with van der Waals surface area (Å²) in [4.78, 5) is 24.3. The molecule has 1 fully saturated rings. The minimum atomic E-state index is -0.0272. The molecule has 2 aliphatic rings. The normalized spacial score (nSPS) is 18.0. The van der Waals surface area contributed by atoms with E-state index in [1.165, 1.54) is 11.8 Å². The highest BCUT2D eigenvalue weighted by atomic mass is 32.2. The lowest BCUT2D eigenvalue weighted by Gasteiger charge is -2.24. The number of benzene rings is 2. The summed E-state index contributed by atoms with van der Waals surface area (Å²) in [5, 5.41) is 3.09. The first kappa shape index (κ1) is 22.8. The molecule has 0 spiro atoms. The zero-order valence-corrected chi connectivity index (χ0v) is 21.6. The van der Waals surface area contributed by atoms with E-state index in [1.807, 2.05) is 44.2 Å². The molecule has 0 atom stereocenters. The van der Waals surface area contributed by atoms with Crippen molar-refractivity contribution >= 4 is 62.6 Å². The third kappa shape index (κ3) is 3.96. The number of thiocarbonyl (C=S) groups is 1. The number of rotatable bonds is 5. The van der Waals surface area contributed by atoms with Gasteiger partial charge in [0.2, 0.25) is 0 Å². The van der Waals surface area contributed by atoms with Gasteiger partial charge in [0.25, 0.3) is 5.91 Å². The van der Waals surface area contributed by atoms with Crippen LogP contribution in [0.25, 0.3) is 10.6 Å². The highest BCUT2D eigenvalue weighted by molar-refractivity contribution is 8.26. The molecule has 8 heteroatoms. The minimum absolute atomic E-state index is 0.0272. The Labute approximate surface area is 213 Å². The second-order valence-corrected chi connectivity index (χ2v) is 10.4. The number of carbonyl (C=O) groups excluding carboxylic acids is 1. The van der Waals surface area contributed by atoms with Gasteiger partial charge >= 0.3 is 0 Å². The molecule has 5 rings (SSSR count). The van der Waals surface area contributed by atoms with Crippen molar-refractivity contribution in [1.82, 2.24) is 9.88 Å². The number of thioether (sulfide) groups is 1. The van der Waals surface area contributed by atoms with Crippen LogP contribution < -0.4 is 9.80 Å². The average Bonchev–Trinajstić information content (AvgIpc) is 3.50. The second kappa shape index (κ2) is 9.37. The summed E-state index contributed by atoms with van der Waals surface area (Å²) in [7, 11) is 0.